The maximum atomic E-state index is 12.3. The fraction of sp³-hybridized carbons (Fsp3) is 0.654. The van der Waals surface area contributed by atoms with Crippen LogP contribution in [0.25, 0.3) is 0 Å². The summed E-state index contributed by atoms with van der Waals surface area (Å²) in [6, 6.07) is 2.30. The monoisotopic (exact) mass is 458 g/mol. The number of likely N-dealkylation sites (N-methyl/N-ethyl adjacent to an activating group) is 1. The van der Waals surface area contributed by atoms with Gasteiger partial charge in [0.15, 0.2) is 0 Å². The fourth-order valence-corrected chi connectivity index (χ4v) is 4.99. The quantitative estimate of drug-likeness (QED) is 0.437. The Labute approximate surface area is 198 Å². The van der Waals surface area contributed by atoms with Crippen LogP contribution in [0.1, 0.15) is 51.4 Å². The third-order valence-electron chi connectivity index (χ3n) is 6.86. The number of hydrogen-bond acceptors (Lipinski definition) is 6. The van der Waals surface area contributed by atoms with E-state index in [1.807, 2.05) is 19.9 Å². The summed E-state index contributed by atoms with van der Waals surface area (Å²) in [5, 5.41) is 3.33. The Balaban J connectivity index is 1.76. The van der Waals surface area contributed by atoms with Crippen LogP contribution < -0.4 is 10.9 Å². The maximum Gasteiger partial charge on any atom is 0.252 e. The minimum atomic E-state index is -0.0730. The summed E-state index contributed by atoms with van der Waals surface area (Å²) >= 11 is 0. The van der Waals surface area contributed by atoms with Crippen molar-refractivity contribution in [3.63, 3.8) is 0 Å². The molecule has 0 spiro atoms. The second kappa shape index (κ2) is 11.5. The van der Waals surface area contributed by atoms with E-state index in [9.17, 15) is 4.79 Å². The molecule has 1 aromatic rings. The van der Waals surface area contributed by atoms with Crippen molar-refractivity contribution in [1.29, 1.82) is 0 Å². The van der Waals surface area contributed by atoms with Crippen molar-refractivity contribution in [3.05, 3.63) is 56.3 Å². The summed E-state index contributed by atoms with van der Waals surface area (Å²) < 4.78 is 12.0. The topological polar surface area (TPSA) is 69.8 Å². The molecule has 0 radical (unpaired) electrons. The van der Waals surface area contributed by atoms with Crippen LogP contribution in [-0.4, -0.2) is 66.5 Å². The Bertz CT molecular complexity index is 928. The van der Waals surface area contributed by atoms with Crippen LogP contribution in [0.3, 0.4) is 0 Å². The number of nitrogens with one attached hydrogen (secondary N) is 2. The maximum absolute atomic E-state index is 12.3. The number of morpholine rings is 1. The summed E-state index contributed by atoms with van der Waals surface area (Å²) in [6.45, 7) is 20.3. The second-order valence-electron chi connectivity index (χ2n) is 9.52. The predicted molar refractivity (Wildman–Crippen MR) is 133 cm³/mol. The molecule has 0 amide bonds. The van der Waals surface area contributed by atoms with Gasteiger partial charge < -0.3 is 19.4 Å². The Morgan fingerprint density at radius 1 is 1.21 bits per heavy atom. The van der Waals surface area contributed by atoms with Gasteiger partial charge in [-0.3, -0.25) is 15.0 Å². The number of pyridine rings is 1. The Morgan fingerprint density at radius 2 is 1.91 bits per heavy atom. The Hall–Kier alpha value is -1.93. The van der Waals surface area contributed by atoms with Gasteiger partial charge in [0, 0.05) is 55.4 Å². The SMILES string of the molecule is CCN1C=C(C(C)C)C(OCNCc2c(C)cc(C)[nH]c2=O)C(C)=C1C(C)N1CCOCC1. The lowest BCUT2D eigenvalue weighted by Gasteiger charge is -2.43. The first-order valence-corrected chi connectivity index (χ1v) is 12.3. The number of hydrogen-bond donors (Lipinski definition) is 2. The first-order chi connectivity index (χ1) is 15.7. The van der Waals surface area contributed by atoms with Gasteiger partial charge >= 0.3 is 0 Å². The van der Waals surface area contributed by atoms with Crippen molar-refractivity contribution in [3.8, 4) is 0 Å². The first kappa shape index (κ1) is 25.7. The van der Waals surface area contributed by atoms with Gasteiger partial charge in [-0.2, -0.15) is 0 Å². The van der Waals surface area contributed by atoms with E-state index in [1.165, 1.54) is 16.8 Å². The zero-order valence-electron chi connectivity index (χ0n) is 21.5. The van der Waals surface area contributed by atoms with E-state index < -0.39 is 0 Å². The van der Waals surface area contributed by atoms with Crippen molar-refractivity contribution in [2.45, 2.75) is 67.2 Å². The largest absolute Gasteiger partial charge is 0.379 e. The molecule has 0 bridgehead atoms. The summed E-state index contributed by atoms with van der Waals surface area (Å²) in [5.41, 5.74) is 6.51. The minimum Gasteiger partial charge on any atom is -0.379 e. The smallest absolute Gasteiger partial charge is 0.252 e. The molecule has 0 saturated carbocycles. The lowest BCUT2D eigenvalue weighted by atomic mass is 9.88. The van der Waals surface area contributed by atoms with Gasteiger partial charge in [-0.1, -0.05) is 13.8 Å². The van der Waals surface area contributed by atoms with Crippen LogP contribution in [0, 0.1) is 19.8 Å². The van der Waals surface area contributed by atoms with Crippen molar-refractivity contribution in [2.75, 3.05) is 39.6 Å². The standard InChI is InChI=1S/C26H42N4O3/c1-8-29-15-23(17(2)3)25(20(6)24(29)21(7)30-9-11-32-12-10-30)33-16-27-14-22-18(4)13-19(5)28-26(22)31/h13,15,17,21,25,27H,8-12,14,16H2,1-7H3,(H,28,31). The Morgan fingerprint density at radius 3 is 2.52 bits per heavy atom. The molecule has 33 heavy (non-hydrogen) atoms. The average molecular weight is 459 g/mol. The van der Waals surface area contributed by atoms with Gasteiger partial charge in [-0.25, -0.2) is 0 Å². The zero-order chi connectivity index (χ0) is 24.1. The number of aryl methyl sites for hydroxylation is 2. The molecule has 1 aromatic heterocycles. The molecule has 2 N–H and O–H groups in total. The molecular formula is C26H42N4O3. The molecule has 2 atom stereocenters. The highest BCUT2D eigenvalue weighted by molar-refractivity contribution is 5.36. The molecule has 3 heterocycles. The molecule has 2 aliphatic heterocycles. The van der Waals surface area contributed by atoms with E-state index in [0.29, 0.717) is 25.2 Å². The number of H-pyrrole nitrogens is 1. The summed E-state index contributed by atoms with van der Waals surface area (Å²) in [4.78, 5) is 20.1. The van der Waals surface area contributed by atoms with Gasteiger partial charge in [0.05, 0.1) is 19.9 Å². The molecule has 184 valence electrons. The van der Waals surface area contributed by atoms with E-state index >= 15 is 0 Å². The second-order valence-corrected chi connectivity index (χ2v) is 9.52. The normalized spacial score (nSPS) is 21.0. The van der Waals surface area contributed by atoms with Gasteiger partial charge in [0.25, 0.3) is 5.56 Å². The number of aromatic amines is 1. The number of aromatic nitrogens is 1. The van der Waals surface area contributed by atoms with Crippen LogP contribution in [0.15, 0.2) is 33.9 Å². The molecule has 1 saturated heterocycles. The third-order valence-corrected chi connectivity index (χ3v) is 6.86. The van der Waals surface area contributed by atoms with Crippen LogP contribution in [-0.2, 0) is 16.0 Å². The third kappa shape index (κ3) is 5.96. The highest BCUT2D eigenvalue weighted by Gasteiger charge is 2.33. The van der Waals surface area contributed by atoms with Crippen molar-refractivity contribution >= 4 is 0 Å². The van der Waals surface area contributed by atoms with E-state index in [-0.39, 0.29) is 11.7 Å². The number of nitrogens with zero attached hydrogens (tertiary/aromatic N) is 2. The van der Waals surface area contributed by atoms with E-state index in [1.54, 1.807) is 0 Å². The lowest BCUT2D eigenvalue weighted by molar-refractivity contribution is 0.0206. The van der Waals surface area contributed by atoms with E-state index in [0.717, 1.165) is 49.7 Å². The number of rotatable bonds is 9. The van der Waals surface area contributed by atoms with Crippen molar-refractivity contribution in [1.82, 2.24) is 20.1 Å². The molecule has 2 unspecified atom stereocenters. The van der Waals surface area contributed by atoms with Gasteiger partial charge in [-0.15, -0.1) is 0 Å². The number of ether oxygens (including phenoxy) is 2. The van der Waals surface area contributed by atoms with Crippen molar-refractivity contribution in [2.24, 2.45) is 5.92 Å². The van der Waals surface area contributed by atoms with Crippen LogP contribution in [0.4, 0.5) is 0 Å². The minimum absolute atomic E-state index is 0.0308. The molecule has 1 fully saturated rings. The van der Waals surface area contributed by atoms with E-state index in [2.05, 4.69) is 60.9 Å². The highest BCUT2D eigenvalue weighted by Crippen LogP contribution is 2.34. The van der Waals surface area contributed by atoms with Crippen LogP contribution >= 0.6 is 0 Å². The molecule has 2 aliphatic rings. The summed E-state index contributed by atoms with van der Waals surface area (Å²) in [5.74, 6) is 0.376. The molecule has 0 aliphatic carbocycles. The van der Waals surface area contributed by atoms with Gasteiger partial charge in [-0.05, 0) is 63.3 Å². The highest BCUT2D eigenvalue weighted by atomic mass is 16.5. The molecular weight excluding hydrogens is 416 g/mol. The summed E-state index contributed by atoms with van der Waals surface area (Å²) in [6.07, 6.45) is 2.22. The Kier molecular flexibility index (Phi) is 8.93. The molecule has 7 nitrogen and oxygen atoms in total. The molecule has 0 aromatic carbocycles. The lowest BCUT2D eigenvalue weighted by Crippen LogP contribution is -2.47. The van der Waals surface area contributed by atoms with E-state index in [4.69, 9.17) is 9.47 Å². The van der Waals surface area contributed by atoms with Crippen LogP contribution in [0.5, 0.6) is 0 Å². The summed E-state index contributed by atoms with van der Waals surface area (Å²) in [7, 11) is 0. The van der Waals surface area contributed by atoms with Gasteiger partial charge in [0.1, 0.15) is 6.10 Å². The van der Waals surface area contributed by atoms with Crippen LogP contribution in [0.2, 0.25) is 0 Å². The zero-order valence-corrected chi connectivity index (χ0v) is 21.5. The van der Waals surface area contributed by atoms with Crippen molar-refractivity contribution < 1.29 is 9.47 Å². The molecule has 7 heteroatoms. The van der Waals surface area contributed by atoms with Gasteiger partial charge in [0.2, 0.25) is 0 Å². The average Bonchev–Trinajstić information content (AvgIpc) is 2.78. The molecule has 3 rings (SSSR count). The predicted octanol–water partition coefficient (Wildman–Crippen LogP) is 3.29. The first-order valence-electron chi connectivity index (χ1n) is 12.3. The fourth-order valence-electron chi connectivity index (χ4n) is 4.99.